The molecule has 0 amide bonds. The van der Waals surface area contributed by atoms with Crippen LogP contribution in [0.3, 0.4) is 0 Å². The van der Waals surface area contributed by atoms with Crippen molar-refractivity contribution in [2.24, 2.45) is 22.7 Å². The minimum Gasteiger partial charge on any atom is -0.478 e. The van der Waals surface area contributed by atoms with E-state index in [9.17, 15) is 15.0 Å². The molecule has 4 heteroatoms. The van der Waals surface area contributed by atoms with Crippen LogP contribution in [-0.2, 0) is 4.79 Å². The molecule has 2 fully saturated rings. The highest BCUT2D eigenvalue weighted by atomic mass is 16.4. The van der Waals surface area contributed by atoms with Crippen molar-refractivity contribution in [1.82, 2.24) is 0 Å². The molecule has 2 saturated carbocycles. The van der Waals surface area contributed by atoms with Gasteiger partial charge in [-0.15, -0.1) is 0 Å². The van der Waals surface area contributed by atoms with E-state index in [1.54, 1.807) is 0 Å². The first-order chi connectivity index (χ1) is 11.0. The molecule has 0 heterocycles. The predicted octanol–water partition coefficient (Wildman–Crippen LogP) is 3.76. The zero-order valence-corrected chi connectivity index (χ0v) is 15.6. The van der Waals surface area contributed by atoms with Crippen molar-refractivity contribution in [1.29, 1.82) is 0 Å². The molecule has 0 bridgehead atoms. The Bertz CT molecular complexity index is 510. The number of aliphatic hydroxyl groups excluding tert-OH is 1. The Balaban J connectivity index is 2.27. The Morgan fingerprint density at radius 3 is 2.46 bits per heavy atom. The molecule has 138 valence electrons. The highest BCUT2D eigenvalue weighted by molar-refractivity contribution is 5.80. The van der Waals surface area contributed by atoms with Gasteiger partial charge in [0, 0.05) is 12.7 Å². The van der Waals surface area contributed by atoms with Gasteiger partial charge in [-0.05, 0) is 75.0 Å². The van der Waals surface area contributed by atoms with Crippen LogP contribution >= 0.6 is 0 Å². The predicted molar refractivity (Wildman–Crippen MR) is 94.6 cm³/mol. The number of aliphatic hydroxyl groups is 2. The average molecular weight is 338 g/mol. The van der Waals surface area contributed by atoms with Crippen LogP contribution in [0.5, 0.6) is 0 Å². The third-order valence-electron chi connectivity index (χ3n) is 7.14. The van der Waals surface area contributed by atoms with Gasteiger partial charge < -0.3 is 15.3 Å². The zero-order chi connectivity index (χ0) is 18.2. The van der Waals surface area contributed by atoms with Gasteiger partial charge in [0.05, 0.1) is 5.60 Å². The maximum absolute atomic E-state index is 11.1. The highest BCUT2D eigenvalue weighted by Gasteiger charge is 2.58. The van der Waals surface area contributed by atoms with Crippen LogP contribution in [0.2, 0.25) is 0 Å². The van der Waals surface area contributed by atoms with Crippen LogP contribution in [0, 0.1) is 22.7 Å². The number of hydrogen-bond acceptors (Lipinski definition) is 3. The maximum Gasteiger partial charge on any atom is 0.328 e. The minimum absolute atomic E-state index is 0.000976. The SMILES string of the molecule is C/C(=C\C(=O)O)CCC1C(C)(O)CCC2C(C)(CO)CCCC12C. The van der Waals surface area contributed by atoms with E-state index in [1.165, 1.54) is 6.08 Å². The number of hydrogen-bond donors (Lipinski definition) is 3. The number of carboxylic acids is 1. The molecular weight excluding hydrogens is 304 g/mol. The van der Waals surface area contributed by atoms with Crippen molar-refractivity contribution in [3.8, 4) is 0 Å². The van der Waals surface area contributed by atoms with Gasteiger partial charge in [-0.3, -0.25) is 0 Å². The second-order valence-electron chi connectivity index (χ2n) is 9.04. The summed E-state index contributed by atoms with van der Waals surface area (Å²) >= 11 is 0. The molecule has 5 unspecified atom stereocenters. The van der Waals surface area contributed by atoms with Gasteiger partial charge in [-0.1, -0.05) is 25.8 Å². The standard InChI is InChI=1S/C20H34O4/c1-14(12-17(22)23)6-7-16-19(3)10-5-9-18(2,13-21)15(19)8-11-20(16,4)24/h12,15-16,21,24H,5-11,13H2,1-4H3,(H,22,23)/b14-12+. The Hall–Kier alpha value is -0.870. The van der Waals surface area contributed by atoms with Crippen LogP contribution in [0.1, 0.15) is 72.6 Å². The van der Waals surface area contributed by atoms with Crippen molar-refractivity contribution in [2.75, 3.05) is 6.61 Å². The third kappa shape index (κ3) is 3.55. The summed E-state index contributed by atoms with van der Waals surface area (Å²) in [5, 5.41) is 30.0. The van der Waals surface area contributed by atoms with Crippen LogP contribution in [0.4, 0.5) is 0 Å². The van der Waals surface area contributed by atoms with E-state index in [1.807, 2.05) is 13.8 Å². The summed E-state index contributed by atoms with van der Waals surface area (Å²) in [5.41, 5.74) is 0.0710. The number of carboxylic acid groups (broad SMARTS) is 1. The largest absolute Gasteiger partial charge is 0.478 e. The van der Waals surface area contributed by atoms with Gasteiger partial charge in [-0.25, -0.2) is 4.79 Å². The first kappa shape index (κ1) is 19.5. The fourth-order valence-corrected chi connectivity index (χ4v) is 5.92. The van der Waals surface area contributed by atoms with Crippen LogP contribution in [0.25, 0.3) is 0 Å². The van der Waals surface area contributed by atoms with E-state index in [-0.39, 0.29) is 23.4 Å². The molecule has 0 aromatic carbocycles. The summed E-state index contributed by atoms with van der Waals surface area (Å²) in [6.45, 7) is 8.49. The van der Waals surface area contributed by atoms with Crippen molar-refractivity contribution >= 4 is 5.97 Å². The Kier molecular flexibility index (Phi) is 5.51. The van der Waals surface area contributed by atoms with E-state index in [2.05, 4.69) is 13.8 Å². The first-order valence-electron chi connectivity index (χ1n) is 9.28. The first-order valence-corrected chi connectivity index (χ1v) is 9.28. The molecule has 2 aliphatic rings. The molecule has 0 aliphatic heterocycles. The van der Waals surface area contributed by atoms with Crippen molar-refractivity contribution in [2.45, 2.75) is 78.2 Å². The number of carbonyl (C=O) groups is 1. The number of fused-ring (bicyclic) bond motifs is 1. The third-order valence-corrected chi connectivity index (χ3v) is 7.14. The normalized spacial score (nSPS) is 43.3. The number of aliphatic carboxylic acids is 1. The molecular formula is C20H34O4. The van der Waals surface area contributed by atoms with Crippen LogP contribution in [-0.4, -0.2) is 33.5 Å². The Morgan fingerprint density at radius 2 is 1.88 bits per heavy atom. The quantitative estimate of drug-likeness (QED) is 0.667. The van der Waals surface area contributed by atoms with Crippen LogP contribution < -0.4 is 0 Å². The summed E-state index contributed by atoms with van der Waals surface area (Å²) in [6.07, 6.45) is 7.71. The molecule has 2 rings (SSSR count). The van der Waals surface area contributed by atoms with Crippen molar-refractivity contribution < 1.29 is 20.1 Å². The average Bonchev–Trinajstić information content (AvgIpc) is 2.44. The molecule has 0 spiro atoms. The Morgan fingerprint density at radius 1 is 1.21 bits per heavy atom. The number of allylic oxidation sites excluding steroid dienone is 1. The smallest absolute Gasteiger partial charge is 0.328 e. The summed E-state index contributed by atoms with van der Waals surface area (Å²) < 4.78 is 0. The monoisotopic (exact) mass is 338 g/mol. The zero-order valence-electron chi connectivity index (χ0n) is 15.6. The minimum atomic E-state index is -0.905. The summed E-state index contributed by atoms with van der Waals surface area (Å²) in [4.78, 5) is 10.8. The molecule has 0 radical (unpaired) electrons. The fourth-order valence-electron chi connectivity index (χ4n) is 5.92. The molecule has 2 aliphatic carbocycles. The lowest BCUT2D eigenvalue weighted by Gasteiger charge is -2.61. The van der Waals surface area contributed by atoms with Gasteiger partial charge in [0.15, 0.2) is 0 Å². The van der Waals surface area contributed by atoms with E-state index in [0.29, 0.717) is 12.3 Å². The topological polar surface area (TPSA) is 77.8 Å². The lowest BCUT2D eigenvalue weighted by Crippen LogP contribution is -2.58. The maximum atomic E-state index is 11.1. The number of rotatable bonds is 5. The second kappa shape index (κ2) is 6.80. The summed E-state index contributed by atoms with van der Waals surface area (Å²) in [7, 11) is 0. The molecule has 24 heavy (non-hydrogen) atoms. The molecule has 0 saturated heterocycles. The van der Waals surface area contributed by atoms with Gasteiger partial charge in [0.2, 0.25) is 0 Å². The molecule has 0 aromatic heterocycles. The van der Waals surface area contributed by atoms with Crippen molar-refractivity contribution in [3.05, 3.63) is 11.6 Å². The van der Waals surface area contributed by atoms with Gasteiger partial charge in [-0.2, -0.15) is 0 Å². The van der Waals surface area contributed by atoms with E-state index >= 15 is 0 Å². The summed E-state index contributed by atoms with van der Waals surface area (Å²) in [5.74, 6) is -0.359. The summed E-state index contributed by atoms with van der Waals surface area (Å²) in [6, 6.07) is 0. The molecule has 0 aromatic rings. The highest BCUT2D eigenvalue weighted by Crippen LogP contribution is 2.62. The van der Waals surface area contributed by atoms with Crippen LogP contribution in [0.15, 0.2) is 11.6 Å². The lowest BCUT2D eigenvalue weighted by molar-refractivity contribution is -0.179. The second-order valence-corrected chi connectivity index (χ2v) is 9.04. The van der Waals surface area contributed by atoms with Gasteiger partial charge in [0.1, 0.15) is 0 Å². The van der Waals surface area contributed by atoms with E-state index in [4.69, 9.17) is 5.11 Å². The Labute approximate surface area is 146 Å². The molecule has 4 nitrogen and oxygen atoms in total. The fraction of sp³-hybridized carbons (Fsp3) is 0.850. The van der Waals surface area contributed by atoms with E-state index in [0.717, 1.165) is 44.1 Å². The van der Waals surface area contributed by atoms with Gasteiger partial charge >= 0.3 is 5.97 Å². The van der Waals surface area contributed by atoms with Crippen molar-refractivity contribution in [3.63, 3.8) is 0 Å². The van der Waals surface area contributed by atoms with Gasteiger partial charge in [0.25, 0.3) is 0 Å². The molecule has 3 N–H and O–H groups in total. The molecule has 5 atom stereocenters. The van der Waals surface area contributed by atoms with E-state index < -0.39 is 11.6 Å². The lowest BCUT2D eigenvalue weighted by atomic mass is 9.45.